The van der Waals surface area contributed by atoms with Gasteiger partial charge in [-0.15, -0.1) is 0 Å². The molecular formula is C11H17FN2OS. The minimum absolute atomic E-state index is 0.358. The van der Waals surface area contributed by atoms with Crippen molar-refractivity contribution >= 4 is 23.1 Å². The van der Waals surface area contributed by atoms with E-state index in [4.69, 9.17) is 5.73 Å². The van der Waals surface area contributed by atoms with Crippen molar-refractivity contribution in [1.29, 1.82) is 0 Å². The molecule has 0 aliphatic carbocycles. The maximum absolute atomic E-state index is 13.0. The first-order valence-corrected chi connectivity index (χ1v) is 6.33. The van der Waals surface area contributed by atoms with Gasteiger partial charge >= 0.3 is 0 Å². The van der Waals surface area contributed by atoms with Gasteiger partial charge in [0.2, 0.25) is 0 Å². The molecule has 0 radical (unpaired) electrons. The summed E-state index contributed by atoms with van der Waals surface area (Å²) >= 11 is 1.56. The average Bonchev–Trinajstić information content (AvgIpc) is 2.13. The van der Waals surface area contributed by atoms with Crippen LogP contribution in [0.2, 0.25) is 0 Å². The molecule has 0 aromatic heterocycles. The van der Waals surface area contributed by atoms with Gasteiger partial charge in [0.25, 0.3) is 0 Å². The molecule has 1 aromatic rings. The standard InChI is InChI=1S/C11H17FN2OS/c1-11(15,7-16-2)6-14-10-4-8(12)3-9(13)5-10/h3-5,14-15H,6-7,13H2,1-2H3. The van der Waals surface area contributed by atoms with Crippen molar-refractivity contribution in [2.24, 2.45) is 0 Å². The number of hydrogen-bond donors (Lipinski definition) is 3. The van der Waals surface area contributed by atoms with Gasteiger partial charge in [-0.25, -0.2) is 4.39 Å². The van der Waals surface area contributed by atoms with E-state index in [0.717, 1.165) is 0 Å². The Morgan fingerprint density at radius 2 is 2.19 bits per heavy atom. The first-order valence-electron chi connectivity index (χ1n) is 4.94. The van der Waals surface area contributed by atoms with Crippen LogP contribution in [0.15, 0.2) is 18.2 Å². The fraction of sp³-hybridized carbons (Fsp3) is 0.455. The summed E-state index contributed by atoms with van der Waals surface area (Å²) in [6, 6.07) is 4.25. The first-order chi connectivity index (χ1) is 7.43. The molecule has 0 bridgehead atoms. The number of anilines is 2. The molecule has 3 nitrogen and oxygen atoms in total. The third kappa shape index (κ3) is 4.28. The quantitative estimate of drug-likeness (QED) is 0.693. The minimum atomic E-state index is -0.819. The summed E-state index contributed by atoms with van der Waals surface area (Å²) in [5.74, 6) is 0.233. The Bertz CT molecular complexity index is 338. The SMILES string of the molecule is CSCC(C)(O)CNc1cc(N)cc(F)c1. The van der Waals surface area contributed by atoms with E-state index in [1.54, 1.807) is 24.8 Å². The monoisotopic (exact) mass is 244 g/mol. The van der Waals surface area contributed by atoms with Gasteiger partial charge in [0, 0.05) is 23.7 Å². The first kappa shape index (κ1) is 13.1. The number of thioether (sulfide) groups is 1. The summed E-state index contributed by atoms with van der Waals surface area (Å²) in [6.45, 7) is 2.09. The van der Waals surface area contributed by atoms with Crippen molar-refractivity contribution in [2.75, 3.05) is 29.6 Å². The van der Waals surface area contributed by atoms with Gasteiger partial charge in [0.15, 0.2) is 0 Å². The lowest BCUT2D eigenvalue weighted by atomic mass is 10.1. The summed E-state index contributed by atoms with van der Waals surface area (Å²) in [5, 5.41) is 12.9. The number of halogens is 1. The number of aliphatic hydroxyl groups is 1. The van der Waals surface area contributed by atoms with Crippen molar-refractivity contribution in [3.05, 3.63) is 24.0 Å². The second-order valence-corrected chi connectivity index (χ2v) is 4.92. The fourth-order valence-electron chi connectivity index (χ4n) is 1.37. The summed E-state index contributed by atoms with van der Waals surface area (Å²) in [4.78, 5) is 0. The zero-order valence-corrected chi connectivity index (χ0v) is 10.3. The molecule has 1 aromatic carbocycles. The van der Waals surface area contributed by atoms with Crippen LogP contribution in [0.3, 0.4) is 0 Å². The lowest BCUT2D eigenvalue weighted by Gasteiger charge is -2.23. The van der Waals surface area contributed by atoms with Gasteiger partial charge in [-0.05, 0) is 31.4 Å². The Labute approximate surface area is 99.2 Å². The Morgan fingerprint density at radius 1 is 1.50 bits per heavy atom. The van der Waals surface area contributed by atoms with Gasteiger partial charge in [0.1, 0.15) is 5.82 Å². The van der Waals surface area contributed by atoms with Crippen molar-refractivity contribution in [2.45, 2.75) is 12.5 Å². The molecule has 1 atom stereocenters. The highest BCUT2D eigenvalue weighted by Crippen LogP contribution is 2.17. The van der Waals surface area contributed by atoms with Crippen LogP contribution in [0.4, 0.5) is 15.8 Å². The van der Waals surface area contributed by atoms with E-state index < -0.39 is 5.60 Å². The molecule has 0 amide bonds. The van der Waals surface area contributed by atoms with Crippen LogP contribution in [0.5, 0.6) is 0 Å². The Morgan fingerprint density at radius 3 is 2.75 bits per heavy atom. The van der Waals surface area contributed by atoms with Crippen LogP contribution in [-0.2, 0) is 0 Å². The molecule has 0 aliphatic rings. The van der Waals surface area contributed by atoms with E-state index in [0.29, 0.717) is 23.7 Å². The van der Waals surface area contributed by atoms with E-state index in [-0.39, 0.29) is 5.82 Å². The Balaban J connectivity index is 2.60. The largest absolute Gasteiger partial charge is 0.399 e. The molecule has 0 saturated heterocycles. The third-order valence-corrected chi connectivity index (χ3v) is 2.96. The topological polar surface area (TPSA) is 58.3 Å². The molecule has 1 rings (SSSR count). The predicted molar refractivity (Wildman–Crippen MR) is 68.3 cm³/mol. The van der Waals surface area contributed by atoms with Crippen molar-refractivity contribution in [3.8, 4) is 0 Å². The second kappa shape index (κ2) is 5.41. The number of benzene rings is 1. The summed E-state index contributed by atoms with van der Waals surface area (Å²) < 4.78 is 13.0. The fourth-order valence-corrected chi connectivity index (χ4v) is 2.09. The molecule has 4 N–H and O–H groups in total. The Hall–Kier alpha value is -0.940. The van der Waals surface area contributed by atoms with Crippen molar-refractivity contribution in [3.63, 3.8) is 0 Å². The van der Waals surface area contributed by atoms with Crippen LogP contribution in [0.1, 0.15) is 6.92 Å². The maximum atomic E-state index is 13.0. The van der Waals surface area contributed by atoms with E-state index in [2.05, 4.69) is 5.32 Å². The van der Waals surface area contributed by atoms with Crippen molar-refractivity contribution < 1.29 is 9.50 Å². The van der Waals surface area contributed by atoms with Gasteiger partial charge < -0.3 is 16.2 Å². The number of hydrogen-bond acceptors (Lipinski definition) is 4. The third-order valence-electron chi connectivity index (χ3n) is 2.05. The van der Waals surface area contributed by atoms with E-state index in [1.807, 2.05) is 6.26 Å². The number of rotatable bonds is 5. The molecule has 0 spiro atoms. The molecule has 0 heterocycles. The highest BCUT2D eigenvalue weighted by molar-refractivity contribution is 7.98. The summed E-state index contributed by atoms with van der Waals surface area (Å²) in [7, 11) is 0. The highest BCUT2D eigenvalue weighted by atomic mass is 32.2. The maximum Gasteiger partial charge on any atom is 0.127 e. The van der Waals surface area contributed by atoms with Crippen LogP contribution in [0, 0.1) is 5.82 Å². The number of nitrogen functional groups attached to an aromatic ring is 1. The van der Waals surface area contributed by atoms with E-state index in [1.165, 1.54) is 12.1 Å². The van der Waals surface area contributed by atoms with Gasteiger partial charge in [-0.1, -0.05) is 0 Å². The zero-order valence-electron chi connectivity index (χ0n) is 9.46. The molecule has 16 heavy (non-hydrogen) atoms. The highest BCUT2D eigenvalue weighted by Gasteiger charge is 2.19. The summed E-state index contributed by atoms with van der Waals surface area (Å²) in [6.07, 6.45) is 1.93. The second-order valence-electron chi connectivity index (χ2n) is 4.06. The van der Waals surface area contributed by atoms with E-state index in [9.17, 15) is 9.50 Å². The molecule has 1 unspecified atom stereocenters. The lowest BCUT2D eigenvalue weighted by molar-refractivity contribution is 0.0997. The van der Waals surface area contributed by atoms with Crippen molar-refractivity contribution in [1.82, 2.24) is 0 Å². The minimum Gasteiger partial charge on any atom is -0.399 e. The van der Waals surface area contributed by atoms with Gasteiger partial charge in [0.05, 0.1) is 5.60 Å². The average molecular weight is 244 g/mol. The molecular weight excluding hydrogens is 227 g/mol. The van der Waals surface area contributed by atoms with Gasteiger partial charge in [-0.3, -0.25) is 0 Å². The zero-order chi connectivity index (χ0) is 12.2. The predicted octanol–water partition coefficient (Wildman–Crippen LogP) is 1.93. The molecule has 0 aliphatic heterocycles. The van der Waals surface area contributed by atoms with Gasteiger partial charge in [-0.2, -0.15) is 11.8 Å². The number of nitrogens with one attached hydrogen (secondary N) is 1. The van der Waals surface area contributed by atoms with E-state index >= 15 is 0 Å². The number of nitrogens with two attached hydrogens (primary N) is 1. The smallest absolute Gasteiger partial charge is 0.127 e. The lowest BCUT2D eigenvalue weighted by Crippen LogP contribution is -2.36. The van der Waals surface area contributed by atoms with Crippen LogP contribution in [-0.4, -0.2) is 29.3 Å². The van der Waals surface area contributed by atoms with Crippen LogP contribution >= 0.6 is 11.8 Å². The molecule has 0 saturated carbocycles. The molecule has 90 valence electrons. The molecule has 5 heteroatoms. The van der Waals surface area contributed by atoms with Crippen LogP contribution in [0.25, 0.3) is 0 Å². The normalized spacial score (nSPS) is 14.5. The Kier molecular flexibility index (Phi) is 4.44. The van der Waals surface area contributed by atoms with Crippen LogP contribution < -0.4 is 11.1 Å². The summed E-state index contributed by atoms with van der Waals surface area (Å²) in [5.41, 5.74) is 5.64. The molecule has 0 fully saturated rings.